The predicted molar refractivity (Wildman–Crippen MR) is 367 cm³/mol. The summed E-state index contributed by atoms with van der Waals surface area (Å²) in [6.07, 6.45) is 0.901. The first-order chi connectivity index (χ1) is 47.2. The molecule has 4 aromatic carbocycles. The summed E-state index contributed by atoms with van der Waals surface area (Å²) in [6, 6.07) is 15.9. The minimum absolute atomic E-state index is 0.000437. The lowest BCUT2D eigenvalue weighted by molar-refractivity contribution is -0.133. The topological polar surface area (TPSA) is 322 Å². The molecule has 0 saturated carbocycles. The molecule has 0 aliphatic carbocycles. The third-order valence-corrected chi connectivity index (χ3v) is 18.2. The number of aliphatic hydroxyl groups excluding tert-OH is 2. The molecule has 0 radical (unpaired) electrons. The molecule has 0 saturated heterocycles. The van der Waals surface area contributed by atoms with E-state index in [1.807, 2.05) is 41.5 Å². The average Bonchev–Trinajstić information content (AvgIpc) is 1.63. The van der Waals surface area contributed by atoms with E-state index < -0.39 is 78.5 Å². The summed E-state index contributed by atoms with van der Waals surface area (Å²) < 4.78 is 40.3. The molecule has 8 rings (SSSR count). The highest BCUT2D eigenvalue weighted by Gasteiger charge is 2.47. The van der Waals surface area contributed by atoms with Gasteiger partial charge in [-0.25, -0.2) is 19.4 Å². The number of aryl methyl sites for hydroxylation is 1. The lowest BCUT2D eigenvalue weighted by Crippen LogP contribution is -2.50. The molecule has 99 heavy (non-hydrogen) atoms. The fourth-order valence-electron chi connectivity index (χ4n) is 12.2. The first kappa shape index (κ1) is 75.8. The van der Waals surface area contributed by atoms with Gasteiger partial charge >= 0.3 is 12.2 Å². The third-order valence-electron chi connectivity index (χ3n) is 18.2. The summed E-state index contributed by atoms with van der Waals surface area (Å²) in [5, 5.41) is 29.4. The number of unbranched alkanes of at least 4 members (excludes halogenated alkanes) is 2. The zero-order chi connectivity index (χ0) is 71.9. The summed E-state index contributed by atoms with van der Waals surface area (Å²) in [5.74, 6) is -2.33. The van der Waals surface area contributed by atoms with Crippen molar-refractivity contribution in [2.45, 2.75) is 176 Å². The predicted octanol–water partition coefficient (Wildman–Crippen LogP) is 8.32. The van der Waals surface area contributed by atoms with E-state index in [-0.39, 0.29) is 128 Å². The first-order valence-corrected chi connectivity index (χ1v) is 33.8. The van der Waals surface area contributed by atoms with E-state index in [0.29, 0.717) is 78.9 Å². The Bertz CT molecular complexity index is 3660. The Kier molecular flexibility index (Phi) is 26.5. The third kappa shape index (κ3) is 19.1. The second kappa shape index (κ2) is 34.7. The maximum Gasteiger partial charge on any atom is 0.416 e. The number of nitrogens with zero attached hydrogens (tertiary/aromatic N) is 4. The number of methoxy groups -OCH3 is 2. The van der Waals surface area contributed by atoms with Crippen molar-refractivity contribution in [3.63, 3.8) is 0 Å². The number of carbonyl (C=O) groups is 9. The fourth-order valence-corrected chi connectivity index (χ4v) is 12.2. The zero-order valence-electron chi connectivity index (χ0n) is 58.5. The highest BCUT2D eigenvalue weighted by atomic mass is 16.6. The van der Waals surface area contributed by atoms with E-state index in [0.717, 1.165) is 20.9 Å². The average molecular weight is 1370 g/mol. The van der Waals surface area contributed by atoms with Crippen molar-refractivity contribution < 1.29 is 86.5 Å². The SMILES string of the molecule is COCCOCCC(=O)C[C@@H](C(=O)N[C@H](C)C(=O)Cc1ccc(COC(=O)N2c3cc(OCCCCCOc4cc5c(cc4OC)C(=O)N4C=C(C)C[C@H]4[C@H](O)N5C(=O)OCc4ccc(CC(=O)[C@@H](C)NC(=O)[C@H](N)C(C)C)cc4)c(C)cc3C(=O)N3C=C(C)C[C@H]3[C@@H]2O)cc1)C(C)C. The van der Waals surface area contributed by atoms with Gasteiger partial charge in [0.05, 0.1) is 92.9 Å². The van der Waals surface area contributed by atoms with Crippen LogP contribution in [-0.2, 0) is 69.0 Å². The van der Waals surface area contributed by atoms with Crippen molar-refractivity contribution in [1.82, 2.24) is 20.4 Å². The molecule has 0 fully saturated rings. The molecule has 25 heteroatoms. The Morgan fingerprint density at radius 2 is 1.03 bits per heavy atom. The number of carbonyl (C=O) groups excluding carboxylic acids is 9. The number of aliphatic hydroxyl groups is 2. The Morgan fingerprint density at radius 1 is 0.566 bits per heavy atom. The van der Waals surface area contributed by atoms with E-state index in [1.165, 1.54) is 29.0 Å². The number of anilines is 2. The van der Waals surface area contributed by atoms with Crippen LogP contribution in [0.3, 0.4) is 0 Å². The van der Waals surface area contributed by atoms with Crippen LogP contribution in [0.25, 0.3) is 0 Å². The highest BCUT2D eigenvalue weighted by molar-refractivity contribution is 6.07. The van der Waals surface area contributed by atoms with Crippen molar-refractivity contribution in [2.75, 3.05) is 57.1 Å². The van der Waals surface area contributed by atoms with Crippen LogP contribution in [0.2, 0.25) is 0 Å². The van der Waals surface area contributed by atoms with Gasteiger partial charge in [-0.2, -0.15) is 0 Å². The smallest absolute Gasteiger partial charge is 0.416 e. The van der Waals surface area contributed by atoms with Crippen LogP contribution < -0.4 is 40.4 Å². The number of ether oxygens (including phenoxy) is 7. The van der Waals surface area contributed by atoms with Gasteiger partial charge in [-0.3, -0.25) is 33.6 Å². The van der Waals surface area contributed by atoms with E-state index >= 15 is 0 Å². The maximum atomic E-state index is 14.3. The van der Waals surface area contributed by atoms with Gasteiger partial charge in [0.2, 0.25) is 11.8 Å². The standard InChI is InChI=1S/C74H95N7O18/c1-42(2)54(34-53(82)23-26-95-28-27-93-10)67(85)76-47(8)61(83)32-49-15-19-51(20-16-49)40-98-73(91)80-57-36-63(46(7)31-55(57)69(87)78-38-44(5)29-59(78)71(80)89)96-24-13-12-14-25-97-65-37-58-56(35-64(65)94-11)70(88)79-39-45(6)30-60(79)72(90)81(58)74(92)99-41-52-21-17-50(18-22-52)33-62(84)48(9)77-68(86)66(75)43(3)4/h15-22,31,35-39,42-43,47-48,54,59-60,66,71-72,89-90H,12-14,23-30,32-34,40-41,75H2,1-11H3,(H,76,85)(H,77,86)/t47-,48-,54-,59+,60+,66-,71+,72+/m1/s1. The molecule has 0 bridgehead atoms. The molecule has 4 aliphatic heterocycles. The maximum absolute atomic E-state index is 14.3. The molecule has 4 aromatic rings. The second-order valence-corrected chi connectivity index (χ2v) is 26.6. The van der Waals surface area contributed by atoms with Crippen molar-refractivity contribution in [3.8, 4) is 17.2 Å². The number of ketones is 3. The zero-order valence-corrected chi connectivity index (χ0v) is 58.5. The van der Waals surface area contributed by atoms with Crippen LogP contribution in [0.4, 0.5) is 21.0 Å². The van der Waals surface area contributed by atoms with Crippen LogP contribution in [0.5, 0.6) is 17.2 Å². The molecule has 4 aliphatic rings. The van der Waals surface area contributed by atoms with Crippen molar-refractivity contribution in [3.05, 3.63) is 135 Å². The number of amides is 6. The van der Waals surface area contributed by atoms with Gasteiger partial charge in [0, 0.05) is 63.2 Å². The monoisotopic (exact) mass is 1370 g/mol. The number of hydrogen-bond donors (Lipinski definition) is 5. The van der Waals surface area contributed by atoms with Gasteiger partial charge in [0.15, 0.2) is 35.5 Å². The molecule has 25 nitrogen and oxygen atoms in total. The summed E-state index contributed by atoms with van der Waals surface area (Å²) in [5.41, 5.74) is 11.1. The summed E-state index contributed by atoms with van der Waals surface area (Å²) >= 11 is 0. The Labute approximate surface area is 578 Å². The van der Waals surface area contributed by atoms with E-state index in [1.54, 1.807) is 101 Å². The summed E-state index contributed by atoms with van der Waals surface area (Å²) in [4.78, 5) is 127. The molecule has 8 atom stereocenters. The van der Waals surface area contributed by atoms with Crippen LogP contribution in [0.1, 0.15) is 149 Å². The lowest BCUT2D eigenvalue weighted by atomic mass is 9.88. The molecule has 6 N–H and O–H groups in total. The Balaban J connectivity index is 0.866. The molecular formula is C74H95N7O18. The molecule has 6 amide bonds. The van der Waals surface area contributed by atoms with Gasteiger partial charge in [-0.1, -0.05) is 87.4 Å². The normalized spacial score (nSPS) is 18.3. The van der Waals surface area contributed by atoms with Crippen molar-refractivity contribution in [1.29, 1.82) is 0 Å². The molecule has 534 valence electrons. The van der Waals surface area contributed by atoms with Gasteiger partial charge in [0.1, 0.15) is 24.7 Å². The van der Waals surface area contributed by atoms with Gasteiger partial charge in [0.25, 0.3) is 11.8 Å². The van der Waals surface area contributed by atoms with Gasteiger partial charge < -0.3 is 69.5 Å². The van der Waals surface area contributed by atoms with E-state index in [2.05, 4.69) is 10.6 Å². The number of nitrogens with one attached hydrogen (secondary N) is 2. The van der Waals surface area contributed by atoms with Crippen LogP contribution >= 0.6 is 0 Å². The van der Waals surface area contributed by atoms with Crippen molar-refractivity contribution >= 4 is 64.5 Å². The summed E-state index contributed by atoms with van der Waals surface area (Å²) in [6.45, 7) is 17.0. The highest BCUT2D eigenvalue weighted by Crippen LogP contribution is 2.43. The largest absolute Gasteiger partial charge is 0.493 e. The van der Waals surface area contributed by atoms with Gasteiger partial charge in [-0.15, -0.1) is 0 Å². The fraction of sp³-hybridized carbons (Fsp3) is 0.500. The number of hydrogen-bond acceptors (Lipinski definition) is 19. The lowest BCUT2D eigenvalue weighted by Gasteiger charge is -2.31. The molecule has 4 heterocycles. The molecule has 0 aromatic heterocycles. The van der Waals surface area contributed by atoms with Crippen LogP contribution in [-0.4, -0.2) is 163 Å². The Morgan fingerprint density at radius 3 is 1.51 bits per heavy atom. The number of rotatable bonds is 33. The van der Waals surface area contributed by atoms with E-state index in [4.69, 9.17) is 38.9 Å². The minimum atomic E-state index is -1.53. The number of fused-ring (bicyclic) bond motifs is 4. The van der Waals surface area contributed by atoms with E-state index in [9.17, 15) is 53.4 Å². The van der Waals surface area contributed by atoms with Crippen LogP contribution in [0, 0.1) is 24.7 Å². The minimum Gasteiger partial charge on any atom is -0.493 e. The quantitative estimate of drug-likeness (QED) is 0.0280. The number of benzene rings is 4. The Hall–Kier alpha value is -9.01. The van der Waals surface area contributed by atoms with Crippen molar-refractivity contribution in [2.24, 2.45) is 23.5 Å². The molecular weight excluding hydrogens is 1270 g/mol. The first-order valence-electron chi connectivity index (χ1n) is 33.8. The summed E-state index contributed by atoms with van der Waals surface area (Å²) in [7, 11) is 2.98. The molecule has 0 unspecified atom stereocenters. The van der Waals surface area contributed by atoms with Gasteiger partial charge in [-0.05, 0) is 119 Å². The number of Topliss-reactive ketones (excluding diaryl/α,β-unsaturated/α-hetero) is 3. The molecule has 0 spiro atoms. The second-order valence-electron chi connectivity index (χ2n) is 26.6. The van der Waals surface area contributed by atoms with Crippen LogP contribution in [0.15, 0.2) is 96.3 Å². The number of nitrogens with two attached hydrogens (primary N) is 1.